The summed E-state index contributed by atoms with van der Waals surface area (Å²) in [7, 11) is 0. The molecule has 0 amide bonds. The molecule has 368 valence electrons. The first-order valence-corrected chi connectivity index (χ1v) is 27.7. The second-order valence-electron chi connectivity index (χ2n) is 23.0. The fraction of sp³-hybridized carbons (Fsp3) is 0.132. The van der Waals surface area contributed by atoms with Crippen molar-refractivity contribution < 1.29 is 4.42 Å². The van der Waals surface area contributed by atoms with Crippen molar-refractivity contribution in [2.24, 2.45) is 0 Å². The van der Waals surface area contributed by atoms with Crippen molar-refractivity contribution in [1.82, 2.24) is 0 Å². The molecule has 12 aromatic rings. The summed E-state index contributed by atoms with van der Waals surface area (Å²) >= 11 is 0. The maximum Gasteiger partial charge on any atom is 0.135 e. The SMILES string of the molecule is CC(C)(C)c1ccc2c(c1)CCC(c1ccc(-c3cccc4c3-c3ccccc3C43c4ccccc4-c4ccccc43)cc1)c1cc(CC(c3ccc(-c4ccccc4)cc3)c3ccc4c(c3)oc3ccccc34)ccc1-2. The molecule has 0 radical (unpaired) electrons. The molecule has 1 spiro atoms. The molecule has 11 aromatic carbocycles. The van der Waals surface area contributed by atoms with Gasteiger partial charge in [-0.05, 0) is 154 Å². The number of fused-ring (bicyclic) bond motifs is 16. The zero-order valence-electron chi connectivity index (χ0n) is 43.9. The third-order valence-corrected chi connectivity index (χ3v) is 17.8. The molecule has 0 N–H and O–H groups in total. The van der Waals surface area contributed by atoms with Crippen LogP contribution in [0.25, 0.3) is 77.6 Å². The Morgan fingerprint density at radius 3 is 1.79 bits per heavy atom. The topological polar surface area (TPSA) is 13.1 Å². The molecule has 0 saturated heterocycles. The monoisotopic (exact) mass is 986 g/mol. The van der Waals surface area contributed by atoms with E-state index >= 15 is 0 Å². The van der Waals surface area contributed by atoms with Gasteiger partial charge in [0.25, 0.3) is 0 Å². The van der Waals surface area contributed by atoms with Gasteiger partial charge in [0.1, 0.15) is 11.2 Å². The standard InChI is InChI=1S/C76H58O/c1-75(2,3)56-39-43-58-54(46-56)37-41-57(51-33-35-52(36-34-51)59-22-15-26-71-74(59)65-21-9-13-25-70(65)76(71)68-23-11-7-18-61(68)62-19-8-12-24-69(62)76)67-45-48(28-40-60(58)67)44-66(53-31-29-50(30-32-53)49-16-5-4-6-17-49)55-38-42-64-63-20-10-14-27-72(63)77-73(64)47-55/h4-36,38-40,42-43,45-47,57,66H,37,41,44H2,1-3H3. The van der Waals surface area contributed by atoms with E-state index in [1.165, 1.54) is 117 Å². The minimum atomic E-state index is -0.372. The van der Waals surface area contributed by atoms with Gasteiger partial charge in [-0.25, -0.2) is 0 Å². The number of furan rings is 1. The van der Waals surface area contributed by atoms with Crippen LogP contribution in [-0.2, 0) is 23.7 Å². The van der Waals surface area contributed by atoms with Gasteiger partial charge in [-0.15, -0.1) is 0 Å². The molecule has 77 heavy (non-hydrogen) atoms. The second-order valence-corrected chi connectivity index (χ2v) is 23.0. The Morgan fingerprint density at radius 1 is 0.442 bits per heavy atom. The largest absolute Gasteiger partial charge is 0.456 e. The van der Waals surface area contributed by atoms with Crippen molar-refractivity contribution in [3.8, 4) is 55.6 Å². The van der Waals surface area contributed by atoms with Crippen molar-refractivity contribution in [3.63, 3.8) is 0 Å². The van der Waals surface area contributed by atoms with E-state index in [4.69, 9.17) is 4.42 Å². The number of benzene rings is 11. The van der Waals surface area contributed by atoms with E-state index in [9.17, 15) is 0 Å². The molecule has 0 bridgehead atoms. The van der Waals surface area contributed by atoms with Crippen LogP contribution in [-0.4, -0.2) is 0 Å². The van der Waals surface area contributed by atoms with Gasteiger partial charge in [-0.3, -0.25) is 0 Å². The summed E-state index contributed by atoms with van der Waals surface area (Å²) in [5.41, 5.74) is 29.6. The Morgan fingerprint density at radius 2 is 1.04 bits per heavy atom. The van der Waals surface area contributed by atoms with E-state index in [0.717, 1.165) is 41.2 Å². The van der Waals surface area contributed by atoms with E-state index in [1.54, 1.807) is 0 Å². The molecule has 0 saturated carbocycles. The fourth-order valence-corrected chi connectivity index (χ4v) is 14.0. The fourth-order valence-electron chi connectivity index (χ4n) is 14.0. The van der Waals surface area contributed by atoms with Gasteiger partial charge in [0.15, 0.2) is 0 Å². The minimum absolute atomic E-state index is 0.0608. The average molecular weight is 987 g/mol. The molecule has 2 unspecified atom stereocenters. The van der Waals surface area contributed by atoms with Crippen molar-refractivity contribution >= 4 is 21.9 Å². The van der Waals surface area contributed by atoms with E-state index in [1.807, 2.05) is 0 Å². The lowest BCUT2D eigenvalue weighted by molar-refractivity contribution is 0.589. The number of para-hydroxylation sites is 1. The highest BCUT2D eigenvalue weighted by molar-refractivity contribution is 6.05. The Labute approximate surface area is 452 Å². The molecule has 15 rings (SSSR count). The first kappa shape index (κ1) is 45.6. The molecule has 2 atom stereocenters. The third-order valence-electron chi connectivity index (χ3n) is 17.8. The van der Waals surface area contributed by atoms with Gasteiger partial charge < -0.3 is 4.42 Å². The normalized spacial score (nSPS) is 15.1. The number of hydrogen-bond donors (Lipinski definition) is 0. The van der Waals surface area contributed by atoms with Crippen LogP contribution < -0.4 is 0 Å². The highest BCUT2D eigenvalue weighted by atomic mass is 16.3. The zero-order valence-corrected chi connectivity index (χ0v) is 43.9. The van der Waals surface area contributed by atoms with E-state index < -0.39 is 0 Å². The summed E-state index contributed by atoms with van der Waals surface area (Å²) in [5, 5.41) is 2.32. The van der Waals surface area contributed by atoms with Gasteiger partial charge in [-0.2, -0.15) is 0 Å². The van der Waals surface area contributed by atoms with Crippen LogP contribution in [0.5, 0.6) is 0 Å². The van der Waals surface area contributed by atoms with Gasteiger partial charge in [0.2, 0.25) is 0 Å². The van der Waals surface area contributed by atoms with Crippen LogP contribution in [0.1, 0.15) is 100 Å². The van der Waals surface area contributed by atoms with Gasteiger partial charge >= 0.3 is 0 Å². The molecule has 3 aliphatic carbocycles. The van der Waals surface area contributed by atoms with E-state index in [2.05, 4.69) is 269 Å². The van der Waals surface area contributed by atoms with Crippen LogP contribution in [0.15, 0.2) is 253 Å². The molecule has 0 fully saturated rings. The molecule has 3 aliphatic rings. The lowest BCUT2D eigenvalue weighted by Gasteiger charge is -2.30. The van der Waals surface area contributed by atoms with Gasteiger partial charge in [-0.1, -0.05) is 257 Å². The predicted octanol–water partition coefficient (Wildman–Crippen LogP) is 19.7. The van der Waals surface area contributed by atoms with Crippen molar-refractivity contribution in [1.29, 1.82) is 0 Å². The maximum atomic E-state index is 6.54. The Bertz CT molecular complexity index is 4230. The first-order valence-electron chi connectivity index (χ1n) is 27.7. The minimum Gasteiger partial charge on any atom is -0.456 e. The lowest BCUT2D eigenvalue weighted by atomic mass is 9.70. The third kappa shape index (κ3) is 7.20. The van der Waals surface area contributed by atoms with Crippen LogP contribution in [0.2, 0.25) is 0 Å². The Kier molecular flexibility index (Phi) is 10.5. The number of rotatable bonds is 7. The van der Waals surface area contributed by atoms with Crippen molar-refractivity contribution in [3.05, 3.63) is 310 Å². The van der Waals surface area contributed by atoms with Crippen LogP contribution in [0, 0.1) is 0 Å². The lowest BCUT2D eigenvalue weighted by Crippen LogP contribution is -2.25. The summed E-state index contributed by atoms with van der Waals surface area (Å²) in [6, 6.07) is 94.2. The van der Waals surface area contributed by atoms with Crippen LogP contribution >= 0.6 is 0 Å². The number of hydrogen-bond acceptors (Lipinski definition) is 1. The van der Waals surface area contributed by atoms with Gasteiger partial charge in [0, 0.05) is 22.6 Å². The first-order chi connectivity index (χ1) is 37.8. The quantitative estimate of drug-likeness (QED) is 0.155. The summed E-state index contributed by atoms with van der Waals surface area (Å²) < 4.78 is 6.54. The smallest absolute Gasteiger partial charge is 0.135 e. The molecular weight excluding hydrogens is 929 g/mol. The Balaban J connectivity index is 0.842. The summed E-state index contributed by atoms with van der Waals surface area (Å²) in [5.74, 6) is 0.306. The van der Waals surface area contributed by atoms with Crippen molar-refractivity contribution in [2.45, 2.75) is 62.7 Å². The summed E-state index contributed by atoms with van der Waals surface area (Å²) in [6.07, 6.45) is 2.89. The van der Waals surface area contributed by atoms with Crippen LogP contribution in [0.3, 0.4) is 0 Å². The highest BCUT2D eigenvalue weighted by Gasteiger charge is 2.52. The molecule has 1 heteroatoms. The van der Waals surface area contributed by atoms with Crippen LogP contribution in [0.4, 0.5) is 0 Å². The van der Waals surface area contributed by atoms with E-state index in [0.29, 0.717) is 0 Å². The van der Waals surface area contributed by atoms with Crippen molar-refractivity contribution in [2.75, 3.05) is 0 Å². The second kappa shape index (κ2) is 17.7. The van der Waals surface area contributed by atoms with E-state index in [-0.39, 0.29) is 22.7 Å². The zero-order chi connectivity index (χ0) is 51.4. The molecular formula is C76H58O. The molecule has 0 aliphatic heterocycles. The van der Waals surface area contributed by atoms with Gasteiger partial charge in [0.05, 0.1) is 5.41 Å². The summed E-state index contributed by atoms with van der Waals surface area (Å²) in [4.78, 5) is 0. The highest BCUT2D eigenvalue weighted by Crippen LogP contribution is 2.64. The Hall–Kier alpha value is -8.78. The number of aryl methyl sites for hydroxylation is 1. The summed E-state index contributed by atoms with van der Waals surface area (Å²) in [6.45, 7) is 7.00. The average Bonchev–Trinajstić information content (AvgIpc) is 4.22. The molecule has 1 nitrogen and oxygen atoms in total. The maximum absolute atomic E-state index is 6.54. The molecule has 1 aromatic heterocycles. The molecule has 1 heterocycles. The predicted molar refractivity (Wildman–Crippen MR) is 320 cm³/mol.